The molecule has 1 saturated heterocycles. The van der Waals surface area contributed by atoms with Crippen molar-refractivity contribution in [2.75, 3.05) is 13.7 Å². The highest BCUT2D eigenvalue weighted by atomic mass is 35.5. The van der Waals surface area contributed by atoms with E-state index in [0.717, 1.165) is 55.9 Å². The number of benzene rings is 1. The smallest absolute Gasteiger partial charge is 0.135 e. The maximum atomic E-state index is 10.1. The molecule has 1 aliphatic heterocycles. The first-order chi connectivity index (χ1) is 12.1. The van der Waals surface area contributed by atoms with E-state index in [4.69, 9.17) is 20.8 Å². The van der Waals surface area contributed by atoms with Crippen molar-refractivity contribution < 1.29 is 14.3 Å². The molecule has 0 spiro atoms. The van der Waals surface area contributed by atoms with Gasteiger partial charge in [-0.3, -0.25) is 4.90 Å². The second-order valence-electron chi connectivity index (χ2n) is 7.18. The van der Waals surface area contributed by atoms with Crippen LogP contribution in [0.1, 0.15) is 31.4 Å². The molecular weight excluding hydrogens is 338 g/mol. The Morgan fingerprint density at radius 1 is 1.28 bits per heavy atom. The third-order valence-electron chi connectivity index (χ3n) is 5.83. The fourth-order valence-corrected chi connectivity index (χ4v) is 4.66. The Kier molecular flexibility index (Phi) is 4.63. The number of fused-ring (bicyclic) bond motifs is 1. The number of halogens is 1. The van der Waals surface area contributed by atoms with Crippen molar-refractivity contribution in [1.82, 2.24) is 4.90 Å². The van der Waals surface area contributed by atoms with Crippen LogP contribution < -0.4 is 0 Å². The van der Waals surface area contributed by atoms with Gasteiger partial charge in [0.05, 0.1) is 23.3 Å². The minimum atomic E-state index is -0.232. The first-order valence-corrected chi connectivity index (χ1v) is 9.30. The summed E-state index contributed by atoms with van der Waals surface area (Å²) in [5, 5.41) is 10.8. The van der Waals surface area contributed by atoms with Crippen molar-refractivity contribution in [3.63, 3.8) is 0 Å². The van der Waals surface area contributed by atoms with Crippen LogP contribution in [0.5, 0.6) is 0 Å². The number of aliphatic hydroxyl groups is 1. The van der Waals surface area contributed by atoms with Crippen LogP contribution >= 0.6 is 11.6 Å². The molecule has 2 aromatic rings. The largest absolute Gasteiger partial charge is 0.460 e. The van der Waals surface area contributed by atoms with Gasteiger partial charge >= 0.3 is 0 Å². The zero-order chi connectivity index (χ0) is 17.4. The van der Waals surface area contributed by atoms with Crippen LogP contribution in [0.4, 0.5) is 0 Å². The summed E-state index contributed by atoms with van der Waals surface area (Å²) in [6, 6.07) is 12.0. The van der Waals surface area contributed by atoms with Gasteiger partial charge < -0.3 is 14.3 Å². The van der Waals surface area contributed by atoms with Gasteiger partial charge in [0.25, 0.3) is 0 Å². The number of nitrogens with zero attached hydrogens (tertiary/aromatic N) is 1. The van der Waals surface area contributed by atoms with Crippen molar-refractivity contribution >= 4 is 11.6 Å². The van der Waals surface area contributed by atoms with Crippen molar-refractivity contribution in [2.45, 2.75) is 50.0 Å². The van der Waals surface area contributed by atoms with Crippen LogP contribution in [-0.2, 0) is 11.3 Å². The number of rotatable bonds is 4. The van der Waals surface area contributed by atoms with E-state index in [0.29, 0.717) is 5.02 Å². The number of hydrogen-bond acceptors (Lipinski definition) is 4. The zero-order valence-electron chi connectivity index (χ0n) is 14.5. The molecule has 2 fully saturated rings. The fraction of sp³-hybridized carbons (Fsp3) is 0.500. The standard InChI is InChI=1S/C20H24ClNO3/c1-24-20-9-8-14(23)12-19(20)22(11-10-20)13-15-6-7-18(25-15)16-4-2-3-5-17(16)21/h2-7,14,19,23H,8-13H2,1H3/t14-,19-,20+/m0/s1. The van der Waals surface area contributed by atoms with Crippen LogP contribution in [0.25, 0.3) is 11.3 Å². The van der Waals surface area contributed by atoms with E-state index >= 15 is 0 Å². The Bertz CT molecular complexity index is 746. The number of methoxy groups -OCH3 is 1. The van der Waals surface area contributed by atoms with Crippen molar-refractivity contribution in [2.24, 2.45) is 0 Å². The average molecular weight is 362 g/mol. The van der Waals surface area contributed by atoms with E-state index in [1.165, 1.54) is 0 Å². The molecule has 0 unspecified atom stereocenters. The van der Waals surface area contributed by atoms with Crippen LogP contribution in [-0.4, -0.2) is 41.4 Å². The molecule has 1 aromatic carbocycles. The van der Waals surface area contributed by atoms with Gasteiger partial charge in [0.1, 0.15) is 11.5 Å². The van der Waals surface area contributed by atoms with Gasteiger partial charge in [-0.25, -0.2) is 0 Å². The summed E-state index contributed by atoms with van der Waals surface area (Å²) in [5.41, 5.74) is 0.799. The van der Waals surface area contributed by atoms with Gasteiger partial charge in [-0.15, -0.1) is 0 Å². The lowest BCUT2D eigenvalue weighted by atomic mass is 9.79. The molecule has 1 aromatic heterocycles. The van der Waals surface area contributed by atoms with Crippen molar-refractivity contribution in [3.05, 3.63) is 47.2 Å². The molecule has 25 heavy (non-hydrogen) atoms. The highest BCUT2D eigenvalue weighted by Crippen LogP contribution is 2.43. The van der Waals surface area contributed by atoms with E-state index in [1.807, 2.05) is 36.4 Å². The number of aliphatic hydroxyl groups excluding tert-OH is 1. The van der Waals surface area contributed by atoms with Gasteiger partial charge in [-0.2, -0.15) is 0 Å². The summed E-state index contributed by atoms with van der Waals surface area (Å²) >= 11 is 6.27. The van der Waals surface area contributed by atoms with E-state index in [-0.39, 0.29) is 17.7 Å². The lowest BCUT2D eigenvalue weighted by Crippen LogP contribution is -2.51. The second-order valence-corrected chi connectivity index (χ2v) is 7.59. The van der Waals surface area contributed by atoms with E-state index < -0.39 is 0 Å². The minimum absolute atomic E-state index is 0.114. The number of likely N-dealkylation sites (tertiary alicyclic amines) is 1. The van der Waals surface area contributed by atoms with E-state index in [9.17, 15) is 5.11 Å². The maximum absolute atomic E-state index is 10.1. The molecule has 0 bridgehead atoms. The molecule has 0 amide bonds. The van der Waals surface area contributed by atoms with Crippen LogP contribution in [0, 0.1) is 0 Å². The van der Waals surface area contributed by atoms with Crippen molar-refractivity contribution in [3.8, 4) is 11.3 Å². The Hall–Kier alpha value is -1.33. The van der Waals surface area contributed by atoms with Gasteiger partial charge in [-0.05, 0) is 49.9 Å². The molecule has 4 nitrogen and oxygen atoms in total. The SMILES string of the molecule is CO[C@@]12CC[C@H](O)C[C@@H]1N(Cc1ccc(-c3ccccc3Cl)o1)CC2. The third-order valence-corrected chi connectivity index (χ3v) is 6.16. The number of ether oxygens (including phenoxy) is 1. The molecule has 2 heterocycles. The summed E-state index contributed by atoms with van der Waals surface area (Å²) in [7, 11) is 1.80. The minimum Gasteiger partial charge on any atom is -0.460 e. The van der Waals surface area contributed by atoms with Crippen molar-refractivity contribution in [1.29, 1.82) is 0 Å². The molecule has 1 aliphatic carbocycles. The number of hydrogen-bond donors (Lipinski definition) is 1. The predicted octanol–water partition coefficient (Wildman–Crippen LogP) is 4.10. The first-order valence-electron chi connectivity index (χ1n) is 8.92. The normalized spacial score (nSPS) is 29.7. The molecule has 3 atom stereocenters. The Balaban J connectivity index is 1.52. The zero-order valence-corrected chi connectivity index (χ0v) is 15.2. The highest BCUT2D eigenvalue weighted by Gasteiger charge is 2.50. The topological polar surface area (TPSA) is 45.8 Å². The highest BCUT2D eigenvalue weighted by molar-refractivity contribution is 6.33. The summed E-state index contributed by atoms with van der Waals surface area (Å²) in [5.74, 6) is 1.71. The second kappa shape index (κ2) is 6.76. The van der Waals surface area contributed by atoms with Gasteiger partial charge in [-0.1, -0.05) is 23.7 Å². The van der Waals surface area contributed by atoms with E-state index in [1.54, 1.807) is 7.11 Å². The summed E-state index contributed by atoms with van der Waals surface area (Å²) in [6.07, 6.45) is 3.30. The van der Waals surface area contributed by atoms with Crippen LogP contribution in [0.15, 0.2) is 40.8 Å². The van der Waals surface area contributed by atoms with Crippen LogP contribution in [0.3, 0.4) is 0 Å². The molecule has 1 saturated carbocycles. The monoisotopic (exact) mass is 361 g/mol. The number of furan rings is 1. The Labute approximate surface area is 153 Å². The van der Waals surface area contributed by atoms with Crippen LogP contribution in [0.2, 0.25) is 5.02 Å². The molecule has 5 heteroatoms. The summed E-state index contributed by atoms with van der Waals surface area (Å²) in [6.45, 7) is 1.69. The summed E-state index contributed by atoms with van der Waals surface area (Å²) in [4.78, 5) is 2.39. The lowest BCUT2D eigenvalue weighted by Gasteiger charge is -2.42. The third kappa shape index (κ3) is 3.13. The molecule has 4 rings (SSSR count). The summed E-state index contributed by atoms with van der Waals surface area (Å²) < 4.78 is 12.0. The molecule has 0 radical (unpaired) electrons. The predicted molar refractivity (Wildman–Crippen MR) is 97.6 cm³/mol. The molecule has 1 N–H and O–H groups in total. The van der Waals surface area contributed by atoms with Gasteiger partial charge in [0, 0.05) is 25.3 Å². The Morgan fingerprint density at radius 2 is 2.12 bits per heavy atom. The Morgan fingerprint density at radius 3 is 2.92 bits per heavy atom. The average Bonchev–Trinajstić information content (AvgIpc) is 3.22. The lowest BCUT2D eigenvalue weighted by molar-refractivity contribution is -0.0884. The van der Waals surface area contributed by atoms with Gasteiger partial charge in [0.2, 0.25) is 0 Å². The van der Waals surface area contributed by atoms with Gasteiger partial charge in [0.15, 0.2) is 0 Å². The quantitative estimate of drug-likeness (QED) is 0.890. The molecular formula is C20H24ClNO3. The maximum Gasteiger partial charge on any atom is 0.135 e. The fourth-order valence-electron chi connectivity index (χ4n) is 4.43. The molecule has 2 aliphatic rings. The molecule has 134 valence electrons. The van der Waals surface area contributed by atoms with E-state index in [2.05, 4.69) is 4.90 Å². The first kappa shape index (κ1) is 17.1.